The summed E-state index contributed by atoms with van der Waals surface area (Å²) in [6, 6.07) is 3.65. The fourth-order valence-electron chi connectivity index (χ4n) is 1.95. The summed E-state index contributed by atoms with van der Waals surface area (Å²) in [7, 11) is -6.97. The lowest BCUT2D eigenvalue weighted by atomic mass is 10.0. The van der Waals surface area contributed by atoms with E-state index in [9.17, 15) is 16.8 Å². The van der Waals surface area contributed by atoms with Crippen molar-refractivity contribution < 1.29 is 25.2 Å². The monoisotopic (exact) mass is 336 g/mol. The number of hydrogen-bond acceptors (Lipinski definition) is 6. The molecule has 0 aromatic heterocycles. The van der Waals surface area contributed by atoms with Crippen LogP contribution in [-0.2, 0) is 30.8 Å². The normalized spacial score (nSPS) is 12.4. The van der Waals surface area contributed by atoms with Crippen LogP contribution in [-0.4, -0.2) is 36.0 Å². The second-order valence-electron chi connectivity index (χ2n) is 4.98. The van der Waals surface area contributed by atoms with Gasteiger partial charge in [-0.1, -0.05) is 12.1 Å². The first-order chi connectivity index (χ1) is 9.48. The van der Waals surface area contributed by atoms with Gasteiger partial charge in [-0.3, -0.25) is 4.18 Å². The second-order valence-corrected chi connectivity index (χ2v) is 8.19. The third kappa shape index (κ3) is 6.92. The van der Waals surface area contributed by atoms with E-state index in [2.05, 4.69) is 4.18 Å². The van der Waals surface area contributed by atoms with Gasteiger partial charge >= 0.3 is 10.1 Å². The molecule has 8 heteroatoms. The standard InChI is InChI=1S/C13H20O6S2/c1-10-8-12(6-5-7-18-20(3,14)15)9-11(2)13(10)19-21(4,16)17/h8-9H,5-7H2,1-4H3. The van der Waals surface area contributed by atoms with Gasteiger partial charge in [0.05, 0.1) is 19.1 Å². The Balaban J connectivity index is 2.75. The minimum atomic E-state index is -3.56. The van der Waals surface area contributed by atoms with E-state index >= 15 is 0 Å². The van der Waals surface area contributed by atoms with Crippen molar-refractivity contribution in [1.82, 2.24) is 0 Å². The minimum absolute atomic E-state index is 0.124. The Morgan fingerprint density at radius 1 is 0.952 bits per heavy atom. The van der Waals surface area contributed by atoms with Crippen molar-refractivity contribution >= 4 is 20.2 Å². The zero-order valence-electron chi connectivity index (χ0n) is 12.5. The number of hydrogen-bond donors (Lipinski definition) is 0. The highest BCUT2D eigenvalue weighted by molar-refractivity contribution is 7.86. The molecule has 1 aromatic rings. The Morgan fingerprint density at radius 3 is 1.90 bits per heavy atom. The van der Waals surface area contributed by atoms with Crippen molar-refractivity contribution in [3.63, 3.8) is 0 Å². The first-order valence-corrected chi connectivity index (χ1v) is 9.95. The molecule has 0 saturated heterocycles. The van der Waals surface area contributed by atoms with Crippen molar-refractivity contribution in [2.75, 3.05) is 19.1 Å². The van der Waals surface area contributed by atoms with E-state index in [0.29, 0.717) is 18.6 Å². The quantitative estimate of drug-likeness (QED) is 0.554. The SMILES string of the molecule is Cc1cc(CCCOS(C)(=O)=O)cc(C)c1OS(C)(=O)=O. The van der Waals surface area contributed by atoms with Crippen LogP contribution in [0, 0.1) is 13.8 Å². The third-order valence-corrected chi connectivity index (χ3v) is 3.73. The largest absolute Gasteiger partial charge is 0.382 e. The number of benzene rings is 1. The van der Waals surface area contributed by atoms with E-state index in [4.69, 9.17) is 4.18 Å². The first kappa shape index (κ1) is 17.9. The highest BCUT2D eigenvalue weighted by atomic mass is 32.2. The second kappa shape index (κ2) is 6.76. The van der Waals surface area contributed by atoms with Gasteiger partial charge in [-0.05, 0) is 43.4 Å². The van der Waals surface area contributed by atoms with Crippen LogP contribution in [0.2, 0.25) is 0 Å². The molecule has 6 nitrogen and oxygen atoms in total. The predicted octanol–water partition coefficient (Wildman–Crippen LogP) is 1.55. The van der Waals surface area contributed by atoms with Crippen LogP contribution < -0.4 is 4.18 Å². The summed E-state index contributed by atoms with van der Waals surface area (Å²) >= 11 is 0. The lowest BCUT2D eigenvalue weighted by molar-refractivity contribution is 0.316. The molecule has 0 bridgehead atoms. The van der Waals surface area contributed by atoms with Gasteiger partial charge in [0.1, 0.15) is 5.75 Å². The van der Waals surface area contributed by atoms with Crippen LogP contribution >= 0.6 is 0 Å². The maximum Gasteiger partial charge on any atom is 0.306 e. The van der Waals surface area contributed by atoms with Crippen molar-refractivity contribution in [2.45, 2.75) is 26.7 Å². The molecule has 0 spiro atoms. The Morgan fingerprint density at radius 2 is 1.48 bits per heavy atom. The maximum atomic E-state index is 11.2. The van der Waals surface area contributed by atoms with Gasteiger partial charge in [-0.15, -0.1) is 0 Å². The molecule has 21 heavy (non-hydrogen) atoms. The summed E-state index contributed by atoms with van der Waals surface area (Å²) in [5, 5.41) is 0. The molecule has 0 aliphatic carbocycles. The van der Waals surface area contributed by atoms with Gasteiger partial charge in [0, 0.05) is 0 Å². The van der Waals surface area contributed by atoms with Gasteiger partial charge in [0.15, 0.2) is 0 Å². The fraction of sp³-hybridized carbons (Fsp3) is 0.538. The molecule has 0 heterocycles. The highest BCUT2D eigenvalue weighted by Gasteiger charge is 2.12. The summed E-state index contributed by atoms with van der Waals surface area (Å²) in [5.74, 6) is 0.341. The Kier molecular flexibility index (Phi) is 5.77. The molecule has 1 rings (SSSR count). The molecule has 120 valence electrons. The van der Waals surface area contributed by atoms with Crippen LogP contribution in [0.1, 0.15) is 23.1 Å². The third-order valence-electron chi connectivity index (χ3n) is 2.66. The summed E-state index contributed by atoms with van der Waals surface area (Å²) in [6.07, 6.45) is 3.20. The molecule has 0 saturated carbocycles. The topological polar surface area (TPSA) is 86.7 Å². The zero-order valence-corrected chi connectivity index (χ0v) is 14.2. The average molecular weight is 336 g/mol. The zero-order chi connectivity index (χ0) is 16.3. The van der Waals surface area contributed by atoms with Crippen LogP contribution in [0.3, 0.4) is 0 Å². The van der Waals surface area contributed by atoms with Gasteiger partial charge < -0.3 is 4.18 Å². The van der Waals surface area contributed by atoms with Crippen molar-refractivity contribution in [2.24, 2.45) is 0 Å². The van der Waals surface area contributed by atoms with Gasteiger partial charge in [-0.25, -0.2) is 0 Å². The molecule has 0 radical (unpaired) electrons. The van der Waals surface area contributed by atoms with Gasteiger partial charge in [-0.2, -0.15) is 16.8 Å². The number of aryl methyl sites for hydroxylation is 3. The molecule has 0 amide bonds. The van der Waals surface area contributed by atoms with E-state index in [0.717, 1.165) is 29.2 Å². The average Bonchev–Trinajstić information content (AvgIpc) is 2.27. The predicted molar refractivity (Wildman–Crippen MR) is 80.5 cm³/mol. The van der Waals surface area contributed by atoms with Crippen molar-refractivity contribution in [1.29, 1.82) is 0 Å². The lowest BCUT2D eigenvalue weighted by Gasteiger charge is -2.12. The van der Waals surface area contributed by atoms with Gasteiger partial charge in [0.25, 0.3) is 10.1 Å². The van der Waals surface area contributed by atoms with Crippen LogP contribution in [0.4, 0.5) is 0 Å². The first-order valence-electron chi connectivity index (χ1n) is 6.32. The summed E-state index contributed by atoms with van der Waals surface area (Å²) < 4.78 is 53.7. The van der Waals surface area contributed by atoms with Crippen LogP contribution in [0.5, 0.6) is 5.75 Å². The van der Waals surface area contributed by atoms with E-state index in [1.54, 1.807) is 13.8 Å². The van der Waals surface area contributed by atoms with E-state index < -0.39 is 20.2 Å². The highest BCUT2D eigenvalue weighted by Crippen LogP contribution is 2.26. The molecule has 0 N–H and O–H groups in total. The summed E-state index contributed by atoms with van der Waals surface area (Å²) in [5.41, 5.74) is 2.42. The smallest absolute Gasteiger partial charge is 0.306 e. The molecular weight excluding hydrogens is 316 g/mol. The van der Waals surface area contributed by atoms with E-state index in [1.165, 1.54) is 0 Å². The number of rotatable bonds is 7. The van der Waals surface area contributed by atoms with E-state index in [1.807, 2.05) is 12.1 Å². The molecule has 0 aliphatic rings. The van der Waals surface area contributed by atoms with Gasteiger partial charge in [0.2, 0.25) is 0 Å². The van der Waals surface area contributed by atoms with Crippen LogP contribution in [0.15, 0.2) is 12.1 Å². The Bertz CT molecular complexity index is 681. The molecule has 0 atom stereocenters. The molecule has 1 aromatic carbocycles. The molecule has 0 fully saturated rings. The van der Waals surface area contributed by atoms with E-state index in [-0.39, 0.29) is 6.61 Å². The molecule has 0 unspecified atom stereocenters. The minimum Gasteiger partial charge on any atom is -0.382 e. The van der Waals surface area contributed by atoms with Crippen molar-refractivity contribution in [3.05, 3.63) is 28.8 Å². The molecule has 0 aliphatic heterocycles. The Labute approximate surface area is 126 Å². The van der Waals surface area contributed by atoms with Crippen LogP contribution in [0.25, 0.3) is 0 Å². The summed E-state index contributed by atoms with van der Waals surface area (Å²) in [6.45, 7) is 3.66. The maximum absolute atomic E-state index is 11.2. The van der Waals surface area contributed by atoms with Crippen molar-refractivity contribution in [3.8, 4) is 5.75 Å². The lowest BCUT2D eigenvalue weighted by Crippen LogP contribution is -2.08. The molecular formula is C13H20O6S2. The summed E-state index contributed by atoms with van der Waals surface area (Å²) in [4.78, 5) is 0. The fourth-order valence-corrected chi connectivity index (χ4v) is 2.94. The Hall–Kier alpha value is -1.12.